The summed E-state index contributed by atoms with van der Waals surface area (Å²) < 4.78 is 4.81. The largest absolute Gasteiger partial charge is 0.467 e. The van der Waals surface area contributed by atoms with E-state index < -0.39 is 23.5 Å². The molecule has 0 aliphatic heterocycles. The average molecular weight is 525 g/mol. The van der Waals surface area contributed by atoms with Gasteiger partial charge in [-0.15, -0.1) is 0 Å². The van der Waals surface area contributed by atoms with Crippen molar-refractivity contribution in [2.45, 2.75) is 77.4 Å². The van der Waals surface area contributed by atoms with Gasteiger partial charge in [-0.25, -0.2) is 9.78 Å². The molecule has 1 aromatic heterocycles. The lowest BCUT2D eigenvalue weighted by atomic mass is 9.47. The van der Waals surface area contributed by atoms with Crippen molar-refractivity contribution in [3.05, 3.63) is 42.0 Å². The number of esters is 1. The Morgan fingerprint density at radius 3 is 2.76 bits per heavy atom. The molecule has 9 heteroatoms. The molecule has 0 unspecified atom stereocenters. The fourth-order valence-electron chi connectivity index (χ4n) is 7.86. The molecule has 1 amide bonds. The average Bonchev–Trinajstić information content (AvgIpc) is 3.48. The van der Waals surface area contributed by atoms with Crippen LogP contribution in [0.4, 0.5) is 0 Å². The van der Waals surface area contributed by atoms with Crippen LogP contribution in [-0.4, -0.2) is 58.0 Å². The Morgan fingerprint density at radius 1 is 1.24 bits per heavy atom. The van der Waals surface area contributed by atoms with E-state index in [-0.39, 0.29) is 23.9 Å². The van der Waals surface area contributed by atoms with E-state index in [2.05, 4.69) is 46.4 Å². The molecule has 4 aliphatic rings. The van der Waals surface area contributed by atoms with Crippen molar-refractivity contribution in [2.24, 2.45) is 33.7 Å². The Labute approximate surface area is 224 Å². The van der Waals surface area contributed by atoms with Crippen molar-refractivity contribution < 1.29 is 24.3 Å². The number of imidazole rings is 1. The van der Waals surface area contributed by atoms with E-state index in [4.69, 9.17) is 9.57 Å². The molecule has 5 rings (SSSR count). The van der Waals surface area contributed by atoms with Crippen LogP contribution in [0.5, 0.6) is 0 Å². The van der Waals surface area contributed by atoms with Crippen LogP contribution in [0.3, 0.4) is 0 Å². The molecule has 0 spiro atoms. The summed E-state index contributed by atoms with van der Waals surface area (Å²) >= 11 is 0. The fraction of sp³-hybridized carbons (Fsp3) is 0.655. The first kappa shape index (κ1) is 26.7. The van der Waals surface area contributed by atoms with E-state index in [9.17, 15) is 14.7 Å². The van der Waals surface area contributed by atoms with Gasteiger partial charge in [0.05, 0.1) is 19.0 Å². The van der Waals surface area contributed by atoms with Gasteiger partial charge in [0.25, 0.3) is 5.91 Å². The maximum Gasteiger partial charge on any atom is 0.328 e. The second kappa shape index (κ2) is 9.98. The van der Waals surface area contributed by atoms with Crippen LogP contribution in [-0.2, 0) is 25.6 Å². The third-order valence-electron chi connectivity index (χ3n) is 10.3. The summed E-state index contributed by atoms with van der Waals surface area (Å²) in [5.41, 5.74) is 2.19. The van der Waals surface area contributed by atoms with E-state index in [0.29, 0.717) is 29.2 Å². The second-order valence-corrected chi connectivity index (χ2v) is 12.2. The zero-order chi connectivity index (χ0) is 27.1. The quantitative estimate of drug-likeness (QED) is 0.370. The van der Waals surface area contributed by atoms with Crippen molar-refractivity contribution in [3.63, 3.8) is 0 Å². The van der Waals surface area contributed by atoms with Crippen LogP contribution in [0.25, 0.3) is 0 Å². The van der Waals surface area contributed by atoms with Gasteiger partial charge in [0.1, 0.15) is 11.8 Å². The molecule has 4 aliphatic carbocycles. The third-order valence-corrected chi connectivity index (χ3v) is 10.3. The standard InChI is InChI=1S/C29H40N4O5/c1-27-10-7-19(33-38-16-25(34)32-24(26(35)37-4)14-20-15-30-17-31-20)13-18(27)5-6-21-22(27)8-11-28(2)23(21)9-12-29(28,3)36/h7,10,13,15,17,21-24,36H,5-6,8-9,11-12,14,16H2,1-4H3,(H,30,31)(H,32,34)/b33-19+/t21-,22+,23+,24-,27-,28+,29-/m0/s1. The molecule has 0 radical (unpaired) electrons. The van der Waals surface area contributed by atoms with Crippen molar-refractivity contribution in [3.8, 4) is 0 Å². The number of amides is 1. The number of ether oxygens (including phenoxy) is 1. The number of rotatable bonds is 7. The predicted octanol–water partition coefficient (Wildman–Crippen LogP) is 3.47. The lowest BCUT2D eigenvalue weighted by Gasteiger charge is -2.58. The minimum Gasteiger partial charge on any atom is -0.467 e. The van der Waals surface area contributed by atoms with Crippen molar-refractivity contribution in [1.29, 1.82) is 0 Å². The van der Waals surface area contributed by atoms with Crippen LogP contribution in [0, 0.1) is 28.6 Å². The lowest BCUT2D eigenvalue weighted by Crippen LogP contribution is -2.53. The minimum absolute atomic E-state index is 0.0103. The topological polar surface area (TPSA) is 126 Å². The second-order valence-electron chi connectivity index (χ2n) is 12.2. The number of nitrogens with one attached hydrogen (secondary N) is 2. The Balaban J connectivity index is 1.20. The van der Waals surface area contributed by atoms with Crippen LogP contribution in [0.15, 0.2) is 41.5 Å². The molecular formula is C29H40N4O5. The zero-order valence-electron chi connectivity index (χ0n) is 22.8. The van der Waals surface area contributed by atoms with Gasteiger partial charge in [-0.05, 0) is 80.8 Å². The number of aromatic nitrogens is 2. The number of hydrogen-bond acceptors (Lipinski definition) is 7. The number of carbonyl (C=O) groups excluding carboxylic acids is 2. The number of fused-ring (bicyclic) bond motifs is 5. The van der Waals surface area contributed by atoms with Gasteiger partial charge < -0.3 is 25.0 Å². The highest BCUT2D eigenvalue weighted by Crippen LogP contribution is 2.66. The maximum absolute atomic E-state index is 12.5. The number of carbonyl (C=O) groups is 2. The van der Waals surface area contributed by atoms with Gasteiger partial charge >= 0.3 is 5.97 Å². The molecule has 3 fully saturated rings. The van der Waals surface area contributed by atoms with Gasteiger partial charge in [-0.1, -0.05) is 30.7 Å². The number of methoxy groups -OCH3 is 1. The van der Waals surface area contributed by atoms with E-state index in [1.807, 2.05) is 13.0 Å². The van der Waals surface area contributed by atoms with Gasteiger partial charge in [-0.2, -0.15) is 0 Å². The number of aromatic amines is 1. The Kier molecular flexibility index (Phi) is 7.00. The summed E-state index contributed by atoms with van der Waals surface area (Å²) in [6.45, 7) is 6.40. The van der Waals surface area contributed by atoms with Gasteiger partial charge in [0, 0.05) is 23.7 Å². The van der Waals surface area contributed by atoms with Crippen molar-refractivity contribution in [2.75, 3.05) is 13.7 Å². The fourth-order valence-corrected chi connectivity index (χ4v) is 7.86. The van der Waals surface area contributed by atoms with Crippen molar-refractivity contribution >= 4 is 17.6 Å². The normalized spacial score (nSPS) is 37.4. The molecule has 0 bridgehead atoms. The van der Waals surface area contributed by atoms with E-state index in [1.54, 1.807) is 6.20 Å². The van der Waals surface area contributed by atoms with E-state index >= 15 is 0 Å². The smallest absolute Gasteiger partial charge is 0.328 e. The predicted molar refractivity (Wildman–Crippen MR) is 142 cm³/mol. The minimum atomic E-state index is -0.849. The highest BCUT2D eigenvalue weighted by atomic mass is 16.6. The number of aliphatic hydroxyl groups is 1. The van der Waals surface area contributed by atoms with E-state index in [0.717, 1.165) is 38.5 Å². The molecule has 3 saturated carbocycles. The SMILES string of the molecule is COC(=O)[C@H](Cc1cnc[nH]1)NC(=O)CO/N=C1\C=C[C@@]2(C)C(=C1)CC[C@H]1[C@H]2CC[C@]2(C)[C@@H]1CC[C@]2(C)O. The van der Waals surface area contributed by atoms with Crippen LogP contribution in [0.2, 0.25) is 0 Å². The first-order valence-corrected chi connectivity index (χ1v) is 13.7. The maximum atomic E-state index is 12.5. The molecule has 1 aromatic rings. The summed E-state index contributed by atoms with van der Waals surface area (Å²) in [6, 6.07) is -0.849. The van der Waals surface area contributed by atoms with Gasteiger partial charge in [0.2, 0.25) is 0 Å². The Morgan fingerprint density at radius 2 is 2.03 bits per heavy atom. The molecule has 1 heterocycles. The third kappa shape index (κ3) is 4.59. The first-order chi connectivity index (χ1) is 18.1. The molecule has 9 nitrogen and oxygen atoms in total. The van der Waals surface area contributed by atoms with Gasteiger partial charge in [0.15, 0.2) is 6.61 Å². The monoisotopic (exact) mass is 524 g/mol. The Bertz CT molecular complexity index is 1160. The Hall–Kier alpha value is -2.94. The molecule has 3 N–H and O–H groups in total. The van der Waals surface area contributed by atoms with Crippen molar-refractivity contribution in [1.82, 2.24) is 15.3 Å². The van der Waals surface area contributed by atoms with Crippen LogP contribution < -0.4 is 5.32 Å². The summed E-state index contributed by atoms with van der Waals surface area (Å²) in [5.74, 6) is 0.752. The molecule has 0 aromatic carbocycles. The first-order valence-electron chi connectivity index (χ1n) is 13.7. The van der Waals surface area contributed by atoms with Crippen LogP contribution in [0.1, 0.15) is 65.0 Å². The number of oxime groups is 1. The zero-order valence-corrected chi connectivity index (χ0v) is 22.8. The number of nitrogens with zero attached hydrogens (tertiary/aromatic N) is 2. The summed E-state index contributed by atoms with van der Waals surface area (Å²) in [6.07, 6.45) is 16.1. The molecular weight excluding hydrogens is 484 g/mol. The summed E-state index contributed by atoms with van der Waals surface area (Å²) in [7, 11) is 1.28. The lowest BCUT2D eigenvalue weighted by molar-refractivity contribution is -0.145. The van der Waals surface area contributed by atoms with E-state index in [1.165, 1.54) is 19.0 Å². The van der Waals surface area contributed by atoms with Crippen LogP contribution >= 0.6 is 0 Å². The number of H-pyrrole nitrogens is 1. The highest BCUT2D eigenvalue weighted by molar-refractivity contribution is 6.05. The number of hydrogen-bond donors (Lipinski definition) is 3. The summed E-state index contributed by atoms with van der Waals surface area (Å²) in [5, 5.41) is 18.0. The highest BCUT2D eigenvalue weighted by Gasteiger charge is 2.61. The molecule has 206 valence electrons. The number of allylic oxidation sites excluding steroid dienone is 4. The summed E-state index contributed by atoms with van der Waals surface area (Å²) in [4.78, 5) is 36.8. The molecule has 0 saturated heterocycles. The van der Waals surface area contributed by atoms with Gasteiger partial charge in [-0.3, -0.25) is 4.79 Å². The molecule has 38 heavy (non-hydrogen) atoms. The molecule has 7 atom stereocenters.